The predicted molar refractivity (Wildman–Crippen MR) is 76.3 cm³/mol. The molecule has 3 atom stereocenters. The summed E-state index contributed by atoms with van der Waals surface area (Å²) in [6.07, 6.45) is 17.8. The Bertz CT molecular complexity index is 561. The Morgan fingerprint density at radius 3 is 2.83 bits per heavy atom. The first-order valence-electron chi connectivity index (χ1n) is 6.99. The standard InChI is InChI=1S/C18H18/c1-2-6-15-7-3-4-8-17(15)18(11-5-1)13-14-9-10-16(18)12-14/h1-10,14,16H,11-13H2/b5-1-,6-2-. The quantitative estimate of drug-likeness (QED) is 0.580. The van der Waals surface area contributed by atoms with E-state index in [-0.39, 0.29) is 0 Å². The van der Waals surface area contributed by atoms with Crippen molar-refractivity contribution in [2.24, 2.45) is 11.8 Å². The van der Waals surface area contributed by atoms with Gasteiger partial charge in [0.25, 0.3) is 0 Å². The van der Waals surface area contributed by atoms with E-state index >= 15 is 0 Å². The summed E-state index contributed by atoms with van der Waals surface area (Å²) in [4.78, 5) is 0. The van der Waals surface area contributed by atoms with Crippen LogP contribution in [0, 0.1) is 11.8 Å². The highest BCUT2D eigenvalue weighted by Gasteiger charge is 2.49. The van der Waals surface area contributed by atoms with E-state index in [1.807, 2.05) is 0 Å². The zero-order valence-corrected chi connectivity index (χ0v) is 10.5. The molecule has 3 aliphatic rings. The molecule has 3 unspecified atom stereocenters. The maximum atomic E-state index is 2.48. The third-order valence-electron chi connectivity index (χ3n) is 5.01. The van der Waals surface area contributed by atoms with Gasteiger partial charge in [0.05, 0.1) is 0 Å². The number of allylic oxidation sites excluding steroid dienone is 5. The number of benzene rings is 1. The summed E-state index contributed by atoms with van der Waals surface area (Å²) in [5, 5.41) is 0. The van der Waals surface area contributed by atoms with E-state index in [1.54, 1.807) is 5.56 Å². The highest BCUT2D eigenvalue weighted by Crippen LogP contribution is 2.56. The summed E-state index contributed by atoms with van der Waals surface area (Å²) < 4.78 is 0. The molecule has 1 spiro atoms. The van der Waals surface area contributed by atoms with Crippen molar-refractivity contribution in [3.8, 4) is 0 Å². The third kappa shape index (κ3) is 1.32. The zero-order chi connectivity index (χ0) is 12.0. The summed E-state index contributed by atoms with van der Waals surface area (Å²) in [5.74, 6) is 1.57. The van der Waals surface area contributed by atoms with Gasteiger partial charge < -0.3 is 0 Å². The van der Waals surface area contributed by atoms with Crippen LogP contribution in [-0.4, -0.2) is 0 Å². The highest BCUT2D eigenvalue weighted by atomic mass is 14.5. The molecule has 0 N–H and O–H groups in total. The lowest BCUT2D eigenvalue weighted by atomic mass is 9.66. The van der Waals surface area contributed by atoms with Gasteiger partial charge in [-0.1, -0.05) is 60.7 Å². The lowest BCUT2D eigenvalue weighted by Gasteiger charge is -2.37. The van der Waals surface area contributed by atoms with Gasteiger partial charge in [0.15, 0.2) is 0 Å². The molecule has 1 fully saturated rings. The van der Waals surface area contributed by atoms with E-state index < -0.39 is 0 Å². The van der Waals surface area contributed by atoms with Crippen molar-refractivity contribution in [2.75, 3.05) is 0 Å². The monoisotopic (exact) mass is 234 g/mol. The molecule has 0 saturated heterocycles. The van der Waals surface area contributed by atoms with Gasteiger partial charge in [-0.15, -0.1) is 0 Å². The molecule has 18 heavy (non-hydrogen) atoms. The minimum Gasteiger partial charge on any atom is -0.0851 e. The van der Waals surface area contributed by atoms with Gasteiger partial charge in [0, 0.05) is 5.41 Å². The minimum atomic E-state index is 0.372. The maximum Gasteiger partial charge on any atom is 0.00619 e. The molecule has 0 heteroatoms. The summed E-state index contributed by atoms with van der Waals surface area (Å²) >= 11 is 0. The summed E-state index contributed by atoms with van der Waals surface area (Å²) in [7, 11) is 0. The highest BCUT2D eigenvalue weighted by molar-refractivity contribution is 5.59. The van der Waals surface area contributed by atoms with Crippen molar-refractivity contribution in [3.63, 3.8) is 0 Å². The second-order valence-electron chi connectivity index (χ2n) is 5.93. The van der Waals surface area contributed by atoms with E-state index in [9.17, 15) is 0 Å². The summed E-state index contributed by atoms with van der Waals surface area (Å²) in [5.41, 5.74) is 3.36. The number of hydrogen-bond donors (Lipinski definition) is 0. The van der Waals surface area contributed by atoms with Crippen LogP contribution in [0.15, 0.2) is 54.6 Å². The molecule has 0 amide bonds. The predicted octanol–water partition coefficient (Wildman–Crippen LogP) is 4.49. The molecule has 3 aliphatic carbocycles. The van der Waals surface area contributed by atoms with Gasteiger partial charge in [-0.2, -0.15) is 0 Å². The van der Waals surface area contributed by atoms with Crippen LogP contribution in [0.5, 0.6) is 0 Å². The van der Waals surface area contributed by atoms with Gasteiger partial charge in [0.2, 0.25) is 0 Å². The first-order chi connectivity index (χ1) is 8.88. The molecule has 1 aromatic rings. The number of fused-ring (bicyclic) bond motifs is 5. The Kier molecular flexibility index (Phi) is 2.14. The fourth-order valence-corrected chi connectivity index (χ4v) is 4.22. The van der Waals surface area contributed by atoms with Gasteiger partial charge in [0.1, 0.15) is 0 Å². The van der Waals surface area contributed by atoms with Crippen molar-refractivity contribution in [2.45, 2.75) is 24.7 Å². The van der Waals surface area contributed by atoms with Gasteiger partial charge in [-0.05, 0) is 42.2 Å². The summed E-state index contributed by atoms with van der Waals surface area (Å²) in [6.45, 7) is 0. The smallest absolute Gasteiger partial charge is 0.00619 e. The molecule has 0 nitrogen and oxygen atoms in total. The normalized spacial score (nSPS) is 39.3. The Morgan fingerprint density at radius 2 is 2.00 bits per heavy atom. The lowest BCUT2D eigenvalue weighted by molar-refractivity contribution is 0.359. The largest absolute Gasteiger partial charge is 0.0851 e. The van der Waals surface area contributed by atoms with Crippen molar-refractivity contribution in [3.05, 3.63) is 65.8 Å². The van der Waals surface area contributed by atoms with E-state index in [0.29, 0.717) is 5.41 Å². The zero-order valence-electron chi connectivity index (χ0n) is 10.5. The molecule has 0 aliphatic heterocycles. The van der Waals surface area contributed by atoms with Crippen LogP contribution in [0.2, 0.25) is 0 Å². The molecule has 0 radical (unpaired) electrons. The first-order valence-corrected chi connectivity index (χ1v) is 6.99. The van der Waals surface area contributed by atoms with E-state index in [1.165, 1.54) is 24.8 Å². The molecule has 0 aromatic heterocycles. The average molecular weight is 234 g/mol. The molecule has 1 saturated carbocycles. The van der Waals surface area contributed by atoms with Crippen LogP contribution in [0.25, 0.3) is 6.08 Å². The van der Waals surface area contributed by atoms with E-state index in [0.717, 1.165) is 11.8 Å². The fourth-order valence-electron chi connectivity index (χ4n) is 4.22. The molecule has 4 rings (SSSR count). The molecule has 90 valence electrons. The molecule has 0 heterocycles. The SMILES string of the molecule is C1=CC2CC1CC21C/C=C\C=C/c2ccccc21. The van der Waals surface area contributed by atoms with Crippen LogP contribution in [0.1, 0.15) is 30.4 Å². The Balaban J connectivity index is 1.93. The first kappa shape index (κ1) is 10.4. The third-order valence-corrected chi connectivity index (χ3v) is 5.01. The topological polar surface area (TPSA) is 0 Å². The van der Waals surface area contributed by atoms with Gasteiger partial charge in [-0.3, -0.25) is 0 Å². The summed E-state index contributed by atoms with van der Waals surface area (Å²) in [6, 6.07) is 8.98. The Morgan fingerprint density at radius 1 is 1.06 bits per heavy atom. The molecule has 1 aromatic carbocycles. The van der Waals surface area contributed by atoms with Crippen molar-refractivity contribution < 1.29 is 0 Å². The molecular formula is C18H18. The van der Waals surface area contributed by atoms with Crippen LogP contribution >= 0.6 is 0 Å². The number of rotatable bonds is 0. The fraction of sp³-hybridized carbons (Fsp3) is 0.333. The van der Waals surface area contributed by atoms with Gasteiger partial charge in [-0.25, -0.2) is 0 Å². The van der Waals surface area contributed by atoms with Crippen molar-refractivity contribution in [1.82, 2.24) is 0 Å². The average Bonchev–Trinajstić information content (AvgIpc) is 2.97. The van der Waals surface area contributed by atoms with E-state index in [2.05, 4.69) is 60.7 Å². The second-order valence-corrected chi connectivity index (χ2v) is 5.93. The Labute approximate surface area is 109 Å². The van der Waals surface area contributed by atoms with E-state index in [4.69, 9.17) is 0 Å². The number of hydrogen-bond acceptors (Lipinski definition) is 0. The molecular weight excluding hydrogens is 216 g/mol. The van der Waals surface area contributed by atoms with Crippen LogP contribution in [0.3, 0.4) is 0 Å². The second kappa shape index (κ2) is 3.71. The van der Waals surface area contributed by atoms with Crippen LogP contribution in [-0.2, 0) is 5.41 Å². The van der Waals surface area contributed by atoms with Gasteiger partial charge >= 0.3 is 0 Å². The Hall–Kier alpha value is -1.56. The van der Waals surface area contributed by atoms with Crippen molar-refractivity contribution >= 4 is 6.08 Å². The lowest BCUT2D eigenvalue weighted by Crippen LogP contribution is -2.31. The van der Waals surface area contributed by atoms with Crippen LogP contribution in [0.4, 0.5) is 0 Å². The molecule has 2 bridgehead atoms. The van der Waals surface area contributed by atoms with Crippen molar-refractivity contribution in [1.29, 1.82) is 0 Å². The van der Waals surface area contributed by atoms with Crippen LogP contribution < -0.4 is 0 Å². The minimum absolute atomic E-state index is 0.372. The maximum absolute atomic E-state index is 2.48.